The number of ether oxygens (including phenoxy) is 1. The Bertz CT molecular complexity index is 917. The minimum absolute atomic E-state index is 0.0486. The SMILES string of the molecule is COC(=O)C(CCCCCCCc1ccc2c(n1)NCCC2)NC(=O)C1(C)CCN(CCC(F)(F)F)CC1. The third-order valence-electron chi connectivity index (χ3n) is 7.89. The van der Waals surface area contributed by atoms with Gasteiger partial charge in [-0.2, -0.15) is 13.2 Å². The number of pyridine rings is 1. The summed E-state index contributed by atoms with van der Waals surface area (Å²) in [6, 6.07) is 3.60. The fourth-order valence-corrected chi connectivity index (χ4v) is 5.20. The number of carbonyl (C=O) groups excluding carboxylic acids is 2. The number of nitrogens with one attached hydrogen (secondary N) is 2. The number of methoxy groups -OCH3 is 1. The van der Waals surface area contributed by atoms with Crippen LogP contribution in [-0.2, 0) is 27.2 Å². The van der Waals surface area contributed by atoms with Crippen molar-refractivity contribution in [2.24, 2.45) is 5.41 Å². The summed E-state index contributed by atoms with van der Waals surface area (Å²) in [6.45, 7) is 3.62. The highest BCUT2D eigenvalue weighted by atomic mass is 19.4. The van der Waals surface area contributed by atoms with Crippen LogP contribution in [0.15, 0.2) is 12.1 Å². The molecule has 0 bridgehead atoms. The average Bonchev–Trinajstić information content (AvgIpc) is 2.90. The maximum absolute atomic E-state index is 13.0. The molecule has 0 spiro atoms. The number of halogens is 3. The van der Waals surface area contributed by atoms with Crippen molar-refractivity contribution in [1.82, 2.24) is 15.2 Å². The van der Waals surface area contributed by atoms with Crippen LogP contribution < -0.4 is 10.6 Å². The predicted molar refractivity (Wildman–Crippen MR) is 141 cm³/mol. The van der Waals surface area contributed by atoms with Gasteiger partial charge >= 0.3 is 12.1 Å². The molecular weight excluding hydrogens is 497 g/mol. The molecule has 7 nitrogen and oxygen atoms in total. The molecule has 10 heteroatoms. The van der Waals surface area contributed by atoms with Crippen LogP contribution in [0.5, 0.6) is 0 Å². The monoisotopic (exact) mass is 540 g/mol. The Hall–Kier alpha value is -2.36. The van der Waals surface area contributed by atoms with E-state index in [-0.39, 0.29) is 12.5 Å². The Kier molecular flexibility index (Phi) is 11.2. The van der Waals surface area contributed by atoms with Crippen molar-refractivity contribution in [2.75, 3.05) is 38.6 Å². The summed E-state index contributed by atoms with van der Waals surface area (Å²) >= 11 is 0. The molecule has 1 aromatic heterocycles. The standard InChI is InChI=1S/C28H43F3N4O3/c1-27(14-18-35(19-15-27)20-16-28(29,30)31)26(37)34-23(25(36)38-2)11-7-5-3-4-6-10-22-13-12-21-9-8-17-32-24(21)33-22/h12-13,23H,3-11,14-20H2,1-2H3,(H,32,33)(H,34,37). The molecule has 3 rings (SSSR count). The van der Waals surface area contributed by atoms with Crippen LogP contribution in [0.1, 0.15) is 82.4 Å². The van der Waals surface area contributed by atoms with E-state index in [0.29, 0.717) is 32.4 Å². The molecule has 3 heterocycles. The lowest BCUT2D eigenvalue weighted by molar-refractivity contribution is -0.148. The lowest BCUT2D eigenvalue weighted by atomic mass is 9.79. The highest BCUT2D eigenvalue weighted by Gasteiger charge is 2.39. The number of hydrogen-bond donors (Lipinski definition) is 2. The third kappa shape index (κ3) is 9.43. The number of fused-ring (bicyclic) bond motifs is 1. The second kappa shape index (κ2) is 14.1. The average molecular weight is 541 g/mol. The van der Waals surface area contributed by atoms with Gasteiger partial charge in [0.15, 0.2) is 0 Å². The lowest BCUT2D eigenvalue weighted by Gasteiger charge is -2.39. The second-order valence-corrected chi connectivity index (χ2v) is 11.0. The zero-order valence-corrected chi connectivity index (χ0v) is 22.8. The highest BCUT2D eigenvalue weighted by molar-refractivity contribution is 5.87. The van der Waals surface area contributed by atoms with Gasteiger partial charge in [0.1, 0.15) is 11.9 Å². The van der Waals surface area contributed by atoms with Gasteiger partial charge < -0.3 is 20.3 Å². The summed E-state index contributed by atoms with van der Waals surface area (Å²) in [7, 11) is 1.31. The highest BCUT2D eigenvalue weighted by Crippen LogP contribution is 2.32. The molecule has 1 aromatic rings. The molecule has 1 amide bonds. The van der Waals surface area contributed by atoms with Crippen molar-refractivity contribution in [3.8, 4) is 0 Å². The molecule has 2 aliphatic rings. The van der Waals surface area contributed by atoms with Crippen LogP contribution >= 0.6 is 0 Å². The molecule has 1 saturated heterocycles. The van der Waals surface area contributed by atoms with Gasteiger partial charge in [-0.3, -0.25) is 4.79 Å². The third-order valence-corrected chi connectivity index (χ3v) is 7.89. The molecular formula is C28H43F3N4O3. The molecule has 2 aliphatic heterocycles. The van der Waals surface area contributed by atoms with Crippen molar-refractivity contribution < 1.29 is 27.5 Å². The zero-order valence-electron chi connectivity index (χ0n) is 22.8. The number of nitrogens with zero attached hydrogens (tertiary/aromatic N) is 2. The van der Waals surface area contributed by atoms with Crippen LogP contribution in [0.3, 0.4) is 0 Å². The van der Waals surface area contributed by atoms with E-state index in [2.05, 4.69) is 22.8 Å². The number of amides is 1. The van der Waals surface area contributed by atoms with Crippen molar-refractivity contribution in [3.63, 3.8) is 0 Å². The van der Waals surface area contributed by atoms with Crippen molar-refractivity contribution in [2.45, 2.75) is 96.2 Å². The van der Waals surface area contributed by atoms with Crippen LogP contribution in [0, 0.1) is 5.41 Å². The number of unbranched alkanes of at least 4 members (excludes halogenated alkanes) is 4. The van der Waals surface area contributed by atoms with Crippen molar-refractivity contribution >= 4 is 17.7 Å². The summed E-state index contributed by atoms with van der Waals surface area (Å²) in [4.78, 5) is 31.9. The first-order valence-electron chi connectivity index (χ1n) is 14.0. The molecule has 214 valence electrons. The molecule has 2 N–H and O–H groups in total. The van der Waals surface area contributed by atoms with Gasteiger partial charge in [0.25, 0.3) is 0 Å². The van der Waals surface area contributed by atoms with Crippen molar-refractivity contribution in [3.05, 3.63) is 23.4 Å². The molecule has 38 heavy (non-hydrogen) atoms. The van der Waals surface area contributed by atoms with Crippen LogP contribution in [0.2, 0.25) is 0 Å². The van der Waals surface area contributed by atoms with E-state index in [1.165, 1.54) is 12.7 Å². The normalized spacial score (nSPS) is 18.2. The number of esters is 1. The smallest absolute Gasteiger partial charge is 0.390 e. The minimum atomic E-state index is -4.18. The van der Waals surface area contributed by atoms with Crippen molar-refractivity contribution in [1.29, 1.82) is 0 Å². The number of aromatic nitrogens is 1. The number of alkyl halides is 3. The maximum Gasteiger partial charge on any atom is 0.390 e. The molecule has 0 aromatic carbocycles. The van der Waals surface area contributed by atoms with E-state index in [1.807, 2.05) is 6.92 Å². The van der Waals surface area contributed by atoms with Crippen LogP contribution in [-0.4, -0.2) is 67.3 Å². The number of hydrogen-bond acceptors (Lipinski definition) is 6. The topological polar surface area (TPSA) is 83.6 Å². The van der Waals surface area contributed by atoms with Crippen LogP contribution in [0.25, 0.3) is 0 Å². The summed E-state index contributed by atoms with van der Waals surface area (Å²) in [5.74, 6) is 0.345. The Morgan fingerprint density at radius 3 is 2.58 bits per heavy atom. The zero-order chi connectivity index (χ0) is 27.6. The Balaban J connectivity index is 1.35. The first kappa shape index (κ1) is 30.2. The van der Waals surface area contributed by atoms with Gasteiger partial charge in [-0.1, -0.05) is 38.7 Å². The van der Waals surface area contributed by atoms with Crippen LogP contribution in [0.4, 0.5) is 19.0 Å². The lowest BCUT2D eigenvalue weighted by Crippen LogP contribution is -2.52. The Morgan fingerprint density at radius 1 is 1.16 bits per heavy atom. The number of aryl methyl sites for hydroxylation is 2. The number of likely N-dealkylation sites (tertiary alicyclic amines) is 1. The summed E-state index contributed by atoms with van der Waals surface area (Å²) in [6.07, 6.45) is 4.50. The molecule has 1 atom stereocenters. The van der Waals surface area contributed by atoms with Gasteiger partial charge in [-0.15, -0.1) is 0 Å². The minimum Gasteiger partial charge on any atom is -0.467 e. The predicted octanol–water partition coefficient (Wildman–Crippen LogP) is 5.04. The number of carbonyl (C=O) groups is 2. The van der Waals surface area contributed by atoms with E-state index in [1.54, 1.807) is 4.90 Å². The quantitative estimate of drug-likeness (QED) is 0.270. The summed E-state index contributed by atoms with van der Waals surface area (Å²) in [5, 5.41) is 6.25. The largest absolute Gasteiger partial charge is 0.467 e. The molecule has 0 aliphatic carbocycles. The maximum atomic E-state index is 13.0. The Morgan fingerprint density at radius 2 is 1.87 bits per heavy atom. The van der Waals surface area contributed by atoms with Gasteiger partial charge in [0, 0.05) is 24.2 Å². The molecule has 1 unspecified atom stereocenters. The summed E-state index contributed by atoms with van der Waals surface area (Å²) in [5.41, 5.74) is 1.71. The van der Waals surface area contributed by atoms with E-state index in [0.717, 1.165) is 69.4 Å². The van der Waals surface area contributed by atoms with Gasteiger partial charge in [0.05, 0.1) is 13.5 Å². The first-order chi connectivity index (χ1) is 18.1. The summed E-state index contributed by atoms with van der Waals surface area (Å²) < 4.78 is 42.5. The fraction of sp³-hybridized carbons (Fsp3) is 0.750. The Labute approximate surface area is 224 Å². The molecule has 0 saturated carbocycles. The molecule has 1 fully saturated rings. The molecule has 0 radical (unpaired) electrons. The van der Waals surface area contributed by atoms with Gasteiger partial charge in [0.2, 0.25) is 5.91 Å². The van der Waals surface area contributed by atoms with Gasteiger partial charge in [-0.05, 0) is 69.7 Å². The van der Waals surface area contributed by atoms with E-state index in [9.17, 15) is 22.8 Å². The number of anilines is 1. The van der Waals surface area contributed by atoms with E-state index >= 15 is 0 Å². The van der Waals surface area contributed by atoms with E-state index in [4.69, 9.17) is 9.72 Å². The number of piperidine rings is 1. The van der Waals surface area contributed by atoms with E-state index < -0.39 is 30.0 Å². The second-order valence-electron chi connectivity index (χ2n) is 11.0. The fourth-order valence-electron chi connectivity index (χ4n) is 5.20. The first-order valence-corrected chi connectivity index (χ1v) is 14.0. The number of rotatable bonds is 13. The van der Waals surface area contributed by atoms with Gasteiger partial charge in [-0.25, -0.2) is 9.78 Å².